The van der Waals surface area contributed by atoms with Gasteiger partial charge in [0.05, 0.1) is 17.6 Å². The van der Waals surface area contributed by atoms with Crippen LogP contribution in [-0.4, -0.2) is 53.2 Å². The van der Waals surface area contributed by atoms with E-state index in [0.717, 1.165) is 36.2 Å². The molecule has 32 heavy (non-hydrogen) atoms. The molecule has 0 aliphatic carbocycles. The first-order valence-electron chi connectivity index (χ1n) is 10.5. The van der Waals surface area contributed by atoms with Crippen LogP contribution in [0.25, 0.3) is 11.0 Å². The number of Topliss-reactive ketones (excluding diaryl/α,β-unsaturated/α-hetero) is 1. The van der Waals surface area contributed by atoms with Gasteiger partial charge in [0.25, 0.3) is 0 Å². The third kappa shape index (κ3) is 5.49. The minimum atomic E-state index is -4.43. The second-order valence-electron chi connectivity index (χ2n) is 7.89. The fourth-order valence-corrected chi connectivity index (χ4v) is 4.02. The van der Waals surface area contributed by atoms with Crippen LogP contribution in [0, 0.1) is 5.92 Å². The van der Waals surface area contributed by atoms with Gasteiger partial charge in [-0.05, 0) is 37.0 Å². The quantitative estimate of drug-likeness (QED) is 0.539. The van der Waals surface area contributed by atoms with Gasteiger partial charge in [0.2, 0.25) is 0 Å². The number of carbonyl (C=O) groups is 1. The molecule has 2 N–H and O–H groups in total. The molecule has 0 saturated carbocycles. The SMILES string of the molecule is O=C(CNc1ccccc1OCC(F)(F)F)C[C@@H]1CCCN(c2ncnc3[nH]ccc23)C1. The van der Waals surface area contributed by atoms with Crippen molar-refractivity contribution < 1.29 is 22.7 Å². The summed E-state index contributed by atoms with van der Waals surface area (Å²) in [7, 11) is 0. The maximum atomic E-state index is 12.6. The van der Waals surface area contributed by atoms with E-state index in [1.807, 2.05) is 12.3 Å². The van der Waals surface area contributed by atoms with Gasteiger partial charge in [0.1, 0.15) is 23.5 Å². The molecule has 1 aliphatic heterocycles. The molecule has 7 nitrogen and oxygen atoms in total. The first-order chi connectivity index (χ1) is 15.4. The number of anilines is 2. The first kappa shape index (κ1) is 21.9. The van der Waals surface area contributed by atoms with Crippen LogP contribution in [-0.2, 0) is 4.79 Å². The number of para-hydroxylation sites is 2. The Balaban J connectivity index is 1.32. The van der Waals surface area contributed by atoms with Gasteiger partial charge < -0.3 is 19.9 Å². The van der Waals surface area contributed by atoms with Gasteiger partial charge in [-0.15, -0.1) is 0 Å². The maximum Gasteiger partial charge on any atom is 0.422 e. The van der Waals surface area contributed by atoms with Crippen molar-refractivity contribution >= 4 is 28.3 Å². The zero-order chi connectivity index (χ0) is 22.6. The van der Waals surface area contributed by atoms with Crippen LogP contribution in [0.15, 0.2) is 42.9 Å². The number of nitrogens with one attached hydrogen (secondary N) is 2. The molecule has 4 rings (SSSR count). The Morgan fingerprint density at radius 3 is 2.94 bits per heavy atom. The molecule has 1 aliphatic rings. The highest BCUT2D eigenvalue weighted by Gasteiger charge is 2.29. The van der Waals surface area contributed by atoms with E-state index < -0.39 is 12.8 Å². The fourth-order valence-electron chi connectivity index (χ4n) is 4.02. The predicted molar refractivity (Wildman–Crippen MR) is 115 cm³/mol. The van der Waals surface area contributed by atoms with Crippen LogP contribution in [0.1, 0.15) is 19.3 Å². The van der Waals surface area contributed by atoms with Gasteiger partial charge in [0.15, 0.2) is 12.4 Å². The molecule has 0 spiro atoms. The van der Waals surface area contributed by atoms with Crippen molar-refractivity contribution in [2.45, 2.75) is 25.4 Å². The molecule has 1 aromatic carbocycles. The van der Waals surface area contributed by atoms with E-state index in [9.17, 15) is 18.0 Å². The largest absolute Gasteiger partial charge is 0.482 e. The van der Waals surface area contributed by atoms with Gasteiger partial charge in [-0.25, -0.2) is 9.97 Å². The third-order valence-electron chi connectivity index (χ3n) is 5.42. The van der Waals surface area contributed by atoms with Crippen molar-refractivity contribution in [3.63, 3.8) is 0 Å². The number of halogens is 3. The lowest BCUT2D eigenvalue weighted by atomic mass is 9.92. The number of nitrogens with zero attached hydrogens (tertiary/aromatic N) is 3. The number of aromatic amines is 1. The van der Waals surface area contributed by atoms with E-state index in [1.165, 1.54) is 12.4 Å². The second-order valence-corrected chi connectivity index (χ2v) is 7.89. The van der Waals surface area contributed by atoms with Crippen molar-refractivity contribution in [2.75, 3.05) is 36.5 Å². The number of hydrogen-bond donors (Lipinski definition) is 2. The Kier molecular flexibility index (Phi) is 6.48. The molecule has 0 amide bonds. The van der Waals surface area contributed by atoms with E-state index in [1.54, 1.807) is 18.2 Å². The molecule has 3 heterocycles. The first-order valence-corrected chi connectivity index (χ1v) is 10.5. The Hall–Kier alpha value is -3.30. The normalized spacial score (nSPS) is 16.8. The van der Waals surface area contributed by atoms with Crippen LogP contribution in [0.5, 0.6) is 5.75 Å². The molecule has 1 saturated heterocycles. The summed E-state index contributed by atoms with van der Waals surface area (Å²) in [6.07, 6.45) is 1.22. The molecule has 1 atom stereocenters. The number of rotatable bonds is 8. The maximum absolute atomic E-state index is 12.6. The summed E-state index contributed by atoms with van der Waals surface area (Å²) >= 11 is 0. The van der Waals surface area contributed by atoms with Crippen molar-refractivity contribution in [1.82, 2.24) is 15.0 Å². The van der Waals surface area contributed by atoms with Crippen molar-refractivity contribution in [1.29, 1.82) is 0 Å². The molecule has 10 heteroatoms. The number of hydrogen-bond acceptors (Lipinski definition) is 6. The van der Waals surface area contributed by atoms with Crippen molar-refractivity contribution in [3.8, 4) is 5.75 Å². The van der Waals surface area contributed by atoms with Crippen LogP contribution >= 0.6 is 0 Å². The highest BCUT2D eigenvalue weighted by molar-refractivity contribution is 5.87. The third-order valence-corrected chi connectivity index (χ3v) is 5.42. The summed E-state index contributed by atoms with van der Waals surface area (Å²) in [5, 5.41) is 3.88. The van der Waals surface area contributed by atoms with Gasteiger partial charge in [-0.2, -0.15) is 13.2 Å². The number of alkyl halides is 3. The molecule has 0 unspecified atom stereocenters. The molecule has 3 aromatic rings. The van der Waals surface area contributed by atoms with E-state index in [4.69, 9.17) is 4.74 Å². The number of carbonyl (C=O) groups excluding carboxylic acids is 1. The monoisotopic (exact) mass is 447 g/mol. The van der Waals surface area contributed by atoms with E-state index in [0.29, 0.717) is 18.7 Å². The van der Waals surface area contributed by atoms with Crippen LogP contribution in [0.2, 0.25) is 0 Å². The number of ether oxygens (including phenoxy) is 1. The average molecular weight is 447 g/mol. The molecule has 170 valence electrons. The minimum Gasteiger partial charge on any atom is -0.482 e. The molecule has 2 aromatic heterocycles. The number of benzene rings is 1. The highest BCUT2D eigenvalue weighted by Crippen LogP contribution is 2.29. The lowest BCUT2D eigenvalue weighted by Crippen LogP contribution is -2.37. The summed E-state index contributed by atoms with van der Waals surface area (Å²) in [5.41, 5.74) is 1.15. The average Bonchev–Trinajstić information content (AvgIpc) is 3.25. The topological polar surface area (TPSA) is 83.1 Å². The lowest BCUT2D eigenvalue weighted by Gasteiger charge is -2.33. The summed E-state index contributed by atoms with van der Waals surface area (Å²) in [4.78, 5) is 26.5. The van der Waals surface area contributed by atoms with Gasteiger partial charge >= 0.3 is 6.18 Å². The van der Waals surface area contributed by atoms with E-state index in [2.05, 4.69) is 25.2 Å². The number of aromatic nitrogens is 3. The summed E-state index contributed by atoms with van der Waals surface area (Å²) in [6, 6.07) is 8.25. The number of H-pyrrole nitrogens is 1. The van der Waals surface area contributed by atoms with Gasteiger partial charge in [-0.1, -0.05) is 12.1 Å². The van der Waals surface area contributed by atoms with E-state index in [-0.39, 0.29) is 24.0 Å². The van der Waals surface area contributed by atoms with Crippen molar-refractivity contribution in [2.24, 2.45) is 5.92 Å². The zero-order valence-corrected chi connectivity index (χ0v) is 17.4. The standard InChI is InChI=1S/C22H24F3N5O2/c23-22(24,25)13-32-19-6-2-1-5-18(19)27-11-16(31)10-15-4-3-9-30(12-15)21-17-7-8-26-20(17)28-14-29-21/h1-2,5-8,14-15,27H,3-4,9-13H2,(H,26,28,29)/t15-/m0/s1. The Labute approximate surface area is 183 Å². The Bertz CT molecular complexity index is 1070. The summed E-state index contributed by atoms with van der Waals surface area (Å²) < 4.78 is 42.2. The zero-order valence-electron chi connectivity index (χ0n) is 17.4. The van der Waals surface area contributed by atoms with Gasteiger partial charge in [-0.3, -0.25) is 4.79 Å². The molecule has 0 radical (unpaired) electrons. The fraction of sp³-hybridized carbons (Fsp3) is 0.409. The molecule has 0 bridgehead atoms. The summed E-state index contributed by atoms with van der Waals surface area (Å²) in [6.45, 7) is 0.228. The molecular weight excluding hydrogens is 423 g/mol. The minimum absolute atomic E-state index is 0.00282. The van der Waals surface area contributed by atoms with Crippen molar-refractivity contribution in [3.05, 3.63) is 42.9 Å². The van der Waals surface area contributed by atoms with Crippen LogP contribution < -0.4 is 15.0 Å². The molecule has 1 fully saturated rings. The molecular formula is C22H24F3N5O2. The summed E-state index contributed by atoms with van der Waals surface area (Å²) in [5.74, 6) is 1.11. The number of fused-ring (bicyclic) bond motifs is 1. The number of piperidine rings is 1. The lowest BCUT2D eigenvalue weighted by molar-refractivity contribution is -0.153. The number of ketones is 1. The highest BCUT2D eigenvalue weighted by atomic mass is 19.4. The van der Waals surface area contributed by atoms with E-state index >= 15 is 0 Å². The predicted octanol–water partition coefficient (Wildman–Crippen LogP) is 4.19. The second kappa shape index (κ2) is 9.46. The van der Waals surface area contributed by atoms with Gasteiger partial charge in [0, 0.05) is 25.7 Å². The Morgan fingerprint density at radius 1 is 1.25 bits per heavy atom. The Morgan fingerprint density at radius 2 is 2.09 bits per heavy atom. The van der Waals surface area contributed by atoms with Crippen LogP contribution in [0.4, 0.5) is 24.7 Å². The smallest absolute Gasteiger partial charge is 0.422 e. The van der Waals surface area contributed by atoms with Crippen LogP contribution in [0.3, 0.4) is 0 Å².